The van der Waals surface area contributed by atoms with E-state index in [0.717, 1.165) is 5.56 Å². The first-order chi connectivity index (χ1) is 13.6. The highest BCUT2D eigenvalue weighted by molar-refractivity contribution is 7.89. The third kappa shape index (κ3) is 6.14. The Hall–Kier alpha value is -3.22. The van der Waals surface area contributed by atoms with Crippen molar-refractivity contribution in [3.8, 4) is 6.07 Å². The van der Waals surface area contributed by atoms with Crippen LogP contribution in [0.3, 0.4) is 0 Å². The Kier molecular flexibility index (Phi) is 7.09. The van der Waals surface area contributed by atoms with Crippen molar-refractivity contribution in [2.24, 2.45) is 0 Å². The summed E-state index contributed by atoms with van der Waals surface area (Å²) >= 11 is 0. The molecule has 0 aliphatic heterocycles. The van der Waals surface area contributed by atoms with Gasteiger partial charge in [0.15, 0.2) is 6.10 Å². The molecular weight excluding hydrogens is 394 g/mol. The topological polar surface area (TPSA) is 125 Å². The molecule has 8 nitrogen and oxygen atoms in total. The number of amides is 1. The van der Waals surface area contributed by atoms with E-state index in [9.17, 15) is 18.0 Å². The highest BCUT2D eigenvalue weighted by atomic mass is 32.2. The minimum Gasteiger partial charge on any atom is -0.451 e. The molecule has 9 heteroatoms. The second kappa shape index (κ2) is 9.32. The number of carbonyl (C=O) groups excluding carboxylic acids is 2. The van der Waals surface area contributed by atoms with Crippen molar-refractivity contribution in [1.29, 1.82) is 5.26 Å². The van der Waals surface area contributed by atoms with E-state index in [2.05, 4.69) is 10.0 Å². The third-order valence-corrected chi connectivity index (χ3v) is 5.49. The molecule has 2 rings (SSSR count). The molecule has 0 aliphatic carbocycles. The van der Waals surface area contributed by atoms with Crippen molar-refractivity contribution >= 4 is 27.6 Å². The van der Waals surface area contributed by atoms with Crippen LogP contribution in [0, 0.1) is 18.3 Å². The van der Waals surface area contributed by atoms with E-state index in [1.54, 1.807) is 30.3 Å². The fourth-order valence-electron chi connectivity index (χ4n) is 2.31. The van der Waals surface area contributed by atoms with E-state index in [0.29, 0.717) is 11.3 Å². The summed E-state index contributed by atoms with van der Waals surface area (Å²) in [7, 11) is -3.92. The van der Waals surface area contributed by atoms with Crippen molar-refractivity contribution in [2.75, 3.05) is 5.32 Å². The first kappa shape index (κ1) is 22.1. The minimum atomic E-state index is -3.92. The zero-order valence-electron chi connectivity index (χ0n) is 16.2. The van der Waals surface area contributed by atoms with Gasteiger partial charge in [0, 0.05) is 5.69 Å². The number of hydrogen-bond acceptors (Lipinski definition) is 6. The highest BCUT2D eigenvalue weighted by Gasteiger charge is 2.26. The Morgan fingerprint density at radius 3 is 2.38 bits per heavy atom. The maximum absolute atomic E-state index is 12.4. The van der Waals surface area contributed by atoms with Crippen molar-refractivity contribution in [3.05, 3.63) is 59.7 Å². The van der Waals surface area contributed by atoms with E-state index in [1.165, 1.54) is 32.0 Å². The fourth-order valence-corrected chi connectivity index (χ4v) is 3.50. The quantitative estimate of drug-likeness (QED) is 0.667. The summed E-state index contributed by atoms with van der Waals surface area (Å²) in [6, 6.07) is 13.2. The lowest BCUT2D eigenvalue weighted by molar-refractivity contribution is -0.154. The number of nitrogens with one attached hydrogen (secondary N) is 2. The van der Waals surface area contributed by atoms with Crippen molar-refractivity contribution in [3.63, 3.8) is 0 Å². The predicted octanol–water partition coefficient (Wildman–Crippen LogP) is 2.10. The molecular formula is C20H21N3O5S. The number of carbonyl (C=O) groups is 2. The van der Waals surface area contributed by atoms with Crippen LogP contribution in [-0.2, 0) is 24.3 Å². The molecule has 2 atom stereocenters. The summed E-state index contributed by atoms with van der Waals surface area (Å²) < 4.78 is 32.0. The first-order valence-electron chi connectivity index (χ1n) is 8.73. The zero-order valence-corrected chi connectivity index (χ0v) is 17.0. The number of benzene rings is 2. The van der Waals surface area contributed by atoms with E-state index in [-0.39, 0.29) is 4.90 Å². The molecule has 0 saturated carbocycles. The lowest BCUT2D eigenvalue weighted by Crippen LogP contribution is -2.42. The summed E-state index contributed by atoms with van der Waals surface area (Å²) in [5, 5.41) is 11.4. The zero-order chi connectivity index (χ0) is 21.6. The Bertz CT molecular complexity index is 1040. The van der Waals surface area contributed by atoms with Crippen LogP contribution in [0.1, 0.15) is 25.0 Å². The molecule has 1 amide bonds. The largest absolute Gasteiger partial charge is 0.451 e. The number of sulfonamides is 1. The molecule has 29 heavy (non-hydrogen) atoms. The van der Waals surface area contributed by atoms with Crippen molar-refractivity contribution in [2.45, 2.75) is 37.8 Å². The molecule has 0 radical (unpaired) electrons. The van der Waals surface area contributed by atoms with Crippen LogP contribution in [-0.4, -0.2) is 32.4 Å². The molecule has 2 aromatic rings. The van der Waals surface area contributed by atoms with Crippen LogP contribution in [0.2, 0.25) is 0 Å². The van der Waals surface area contributed by atoms with E-state index in [4.69, 9.17) is 10.00 Å². The smallest absolute Gasteiger partial charge is 0.324 e. The Balaban J connectivity index is 1.96. The van der Waals surface area contributed by atoms with E-state index < -0.39 is 34.0 Å². The third-order valence-electron chi connectivity index (χ3n) is 3.94. The number of aryl methyl sites for hydroxylation is 1. The van der Waals surface area contributed by atoms with Crippen molar-refractivity contribution in [1.82, 2.24) is 4.72 Å². The number of nitriles is 1. The SMILES string of the molecule is Cc1ccc(S(=O)(=O)N[C@@H](C)C(=O)O[C@H](C)C(=O)Nc2cccc(C#N)c2)cc1. The van der Waals surface area contributed by atoms with Gasteiger partial charge >= 0.3 is 5.97 Å². The number of ether oxygens (including phenoxy) is 1. The van der Waals surface area contributed by atoms with Crippen LogP contribution in [0.5, 0.6) is 0 Å². The molecule has 152 valence electrons. The van der Waals surface area contributed by atoms with Gasteiger partial charge in [0.05, 0.1) is 16.5 Å². The maximum atomic E-state index is 12.4. The summed E-state index contributed by atoms with van der Waals surface area (Å²) in [5.74, 6) is -1.50. The van der Waals surface area contributed by atoms with Crippen LogP contribution in [0.4, 0.5) is 5.69 Å². The van der Waals surface area contributed by atoms with Gasteiger partial charge in [0.2, 0.25) is 10.0 Å². The molecule has 0 unspecified atom stereocenters. The van der Waals surface area contributed by atoms with Gasteiger partial charge in [-0.15, -0.1) is 0 Å². The average Bonchev–Trinajstić information content (AvgIpc) is 2.67. The highest BCUT2D eigenvalue weighted by Crippen LogP contribution is 2.12. The van der Waals surface area contributed by atoms with Crippen LogP contribution in [0.15, 0.2) is 53.4 Å². The normalized spacial score (nSPS) is 13.0. The summed E-state index contributed by atoms with van der Waals surface area (Å²) in [4.78, 5) is 24.4. The van der Waals surface area contributed by atoms with Crippen LogP contribution < -0.4 is 10.0 Å². The van der Waals surface area contributed by atoms with E-state index >= 15 is 0 Å². The summed E-state index contributed by atoms with van der Waals surface area (Å²) in [5.41, 5.74) is 1.65. The lowest BCUT2D eigenvalue weighted by atomic mass is 10.2. The molecule has 0 spiro atoms. The Labute approximate surface area is 169 Å². The van der Waals surface area contributed by atoms with Gasteiger partial charge in [0.25, 0.3) is 5.91 Å². The van der Waals surface area contributed by atoms with Gasteiger partial charge in [-0.1, -0.05) is 23.8 Å². The number of esters is 1. The van der Waals surface area contributed by atoms with Crippen molar-refractivity contribution < 1.29 is 22.7 Å². The van der Waals surface area contributed by atoms with Crippen LogP contribution in [0.25, 0.3) is 0 Å². The molecule has 0 saturated heterocycles. The minimum absolute atomic E-state index is 0.0194. The Morgan fingerprint density at radius 1 is 1.10 bits per heavy atom. The number of hydrogen-bond donors (Lipinski definition) is 2. The average molecular weight is 415 g/mol. The molecule has 2 N–H and O–H groups in total. The van der Waals surface area contributed by atoms with Gasteiger partial charge < -0.3 is 10.1 Å². The molecule has 0 fully saturated rings. The second-order valence-electron chi connectivity index (χ2n) is 6.42. The summed E-state index contributed by atoms with van der Waals surface area (Å²) in [6.45, 7) is 4.52. The van der Waals surface area contributed by atoms with E-state index in [1.807, 2.05) is 13.0 Å². The fraction of sp³-hybridized carbons (Fsp3) is 0.250. The molecule has 0 heterocycles. The van der Waals surface area contributed by atoms with Gasteiger partial charge in [-0.05, 0) is 51.1 Å². The predicted molar refractivity (Wildman–Crippen MR) is 106 cm³/mol. The number of nitrogens with zero attached hydrogens (tertiary/aromatic N) is 1. The Morgan fingerprint density at radius 2 is 1.76 bits per heavy atom. The van der Waals surface area contributed by atoms with Crippen LogP contribution >= 0.6 is 0 Å². The number of rotatable bonds is 7. The van der Waals surface area contributed by atoms with Gasteiger partial charge in [-0.25, -0.2) is 8.42 Å². The first-order valence-corrected chi connectivity index (χ1v) is 10.2. The lowest BCUT2D eigenvalue weighted by Gasteiger charge is -2.18. The standard InChI is InChI=1S/C20H21N3O5S/c1-13-7-9-18(10-8-13)29(26,27)23-14(2)20(25)28-15(3)19(24)22-17-6-4-5-16(11-17)12-21/h4-11,14-15,23H,1-3H3,(H,22,24)/t14-,15+/m0/s1. The monoisotopic (exact) mass is 415 g/mol. The van der Waals surface area contributed by atoms with Gasteiger partial charge in [0.1, 0.15) is 6.04 Å². The maximum Gasteiger partial charge on any atom is 0.324 e. The summed E-state index contributed by atoms with van der Waals surface area (Å²) in [6.07, 6.45) is -1.17. The number of anilines is 1. The molecule has 0 aliphatic rings. The molecule has 0 bridgehead atoms. The van der Waals surface area contributed by atoms with Gasteiger partial charge in [-0.3, -0.25) is 9.59 Å². The van der Waals surface area contributed by atoms with Gasteiger partial charge in [-0.2, -0.15) is 9.98 Å². The molecule has 0 aromatic heterocycles. The second-order valence-corrected chi connectivity index (χ2v) is 8.13. The molecule has 2 aromatic carbocycles.